The maximum atomic E-state index is 14.1. The van der Waals surface area contributed by atoms with Gasteiger partial charge in [0.05, 0.1) is 30.3 Å². The summed E-state index contributed by atoms with van der Waals surface area (Å²) in [5.74, 6) is 2.26. The molecular formula is C18H18F2N4O3S. The number of nitrogens with one attached hydrogen (secondary N) is 1. The molecule has 7 nitrogen and oxygen atoms in total. The monoisotopic (exact) mass is 408 g/mol. The molecule has 0 aliphatic heterocycles. The molecule has 3 N–H and O–H groups in total. The number of esters is 1. The Balaban J connectivity index is 2.14. The Labute approximate surface area is 163 Å². The lowest BCUT2D eigenvalue weighted by Gasteiger charge is -2.13. The van der Waals surface area contributed by atoms with E-state index in [-0.39, 0.29) is 5.69 Å². The Hall–Kier alpha value is -2.98. The van der Waals surface area contributed by atoms with Crippen LogP contribution in [0.25, 0.3) is 0 Å². The van der Waals surface area contributed by atoms with Gasteiger partial charge in [-0.2, -0.15) is 5.10 Å². The maximum Gasteiger partial charge on any atom is 0.340 e. The van der Waals surface area contributed by atoms with Crippen LogP contribution >= 0.6 is 0 Å². The summed E-state index contributed by atoms with van der Waals surface area (Å²) in [4.78, 5) is 15.9. The number of nitrogens with zero attached hydrogens (tertiary/aromatic N) is 2. The molecule has 1 unspecified atom stereocenters. The molecule has 0 saturated heterocycles. The number of hydrogen-bond donors (Lipinski definition) is 2. The zero-order valence-electron chi connectivity index (χ0n) is 15.1. The fourth-order valence-corrected chi connectivity index (χ4v) is 2.93. The van der Waals surface area contributed by atoms with Gasteiger partial charge in [0.25, 0.3) is 0 Å². The van der Waals surface area contributed by atoms with Crippen molar-refractivity contribution < 1.29 is 22.9 Å². The van der Waals surface area contributed by atoms with Gasteiger partial charge in [0.15, 0.2) is 10.7 Å². The van der Waals surface area contributed by atoms with E-state index in [0.29, 0.717) is 28.8 Å². The highest BCUT2D eigenvalue weighted by molar-refractivity contribution is 7.92. The van der Waals surface area contributed by atoms with Crippen molar-refractivity contribution in [1.29, 1.82) is 0 Å². The van der Waals surface area contributed by atoms with Crippen molar-refractivity contribution >= 4 is 40.6 Å². The number of rotatable bonds is 7. The lowest BCUT2D eigenvalue weighted by molar-refractivity contribution is 0.0595. The first-order valence-corrected chi connectivity index (χ1v) is 9.21. The number of aliphatic imine (C=N–C) groups is 1. The standard InChI is InChI=1S/C18H18F2N4O3S/c1-3-11(23-21)10-22-12-4-6-13(7-5-12)28(26)24-17-9-15(19)14(8-16(17)20)18(25)27-2/h4-10,24H,3,21H2,1-2H3. The summed E-state index contributed by atoms with van der Waals surface area (Å²) in [5.41, 5.74) is 0.292. The predicted octanol–water partition coefficient (Wildman–Crippen LogP) is 3.31. The van der Waals surface area contributed by atoms with Crippen molar-refractivity contribution in [2.24, 2.45) is 15.9 Å². The molecule has 1 atom stereocenters. The van der Waals surface area contributed by atoms with Crippen molar-refractivity contribution in [2.75, 3.05) is 11.8 Å². The van der Waals surface area contributed by atoms with E-state index in [1.807, 2.05) is 6.92 Å². The molecule has 2 aromatic carbocycles. The molecule has 10 heteroatoms. The zero-order valence-corrected chi connectivity index (χ0v) is 15.9. The molecule has 0 aliphatic carbocycles. The highest BCUT2D eigenvalue weighted by Crippen LogP contribution is 2.24. The molecule has 2 rings (SSSR count). The van der Waals surface area contributed by atoms with E-state index in [0.717, 1.165) is 13.2 Å². The molecule has 148 valence electrons. The Morgan fingerprint density at radius 3 is 2.54 bits per heavy atom. The molecule has 0 aliphatic rings. The summed E-state index contributed by atoms with van der Waals surface area (Å²) in [6.07, 6.45) is 2.15. The molecule has 0 radical (unpaired) electrons. The first-order valence-electron chi connectivity index (χ1n) is 8.06. The van der Waals surface area contributed by atoms with E-state index in [9.17, 15) is 18.1 Å². The van der Waals surface area contributed by atoms with Crippen LogP contribution in [0.5, 0.6) is 0 Å². The molecule has 0 heterocycles. The van der Waals surface area contributed by atoms with Crippen molar-refractivity contribution in [1.82, 2.24) is 0 Å². The molecule has 0 saturated carbocycles. The van der Waals surface area contributed by atoms with E-state index in [4.69, 9.17) is 5.84 Å². The van der Waals surface area contributed by atoms with E-state index >= 15 is 0 Å². The van der Waals surface area contributed by atoms with Gasteiger partial charge < -0.3 is 15.1 Å². The van der Waals surface area contributed by atoms with E-state index in [1.54, 1.807) is 12.1 Å². The van der Waals surface area contributed by atoms with Crippen LogP contribution in [-0.4, -0.2) is 29.6 Å². The largest absolute Gasteiger partial charge is 0.588 e. The number of ether oxygens (including phenoxy) is 1. The lowest BCUT2D eigenvalue weighted by Crippen LogP contribution is -2.15. The summed E-state index contributed by atoms with van der Waals surface area (Å²) in [6.45, 7) is 1.88. The number of hydrazone groups is 1. The SMILES string of the molecule is CCC(C=Nc1ccc([S+]([O-])Nc2cc(F)c(C(=O)OC)cc2F)cc1)=NN. The number of carbonyl (C=O) groups excluding carboxylic acids is 1. The molecule has 0 spiro atoms. The zero-order chi connectivity index (χ0) is 20.7. The summed E-state index contributed by atoms with van der Waals surface area (Å²) in [7, 11) is 1.06. The smallest absolute Gasteiger partial charge is 0.340 e. The topological polar surface area (TPSA) is 112 Å². The van der Waals surface area contributed by atoms with Gasteiger partial charge in [-0.3, -0.25) is 4.99 Å². The molecular weight excluding hydrogens is 390 g/mol. The average Bonchev–Trinajstić information content (AvgIpc) is 2.71. The normalized spacial score (nSPS) is 12.8. The molecule has 28 heavy (non-hydrogen) atoms. The van der Waals surface area contributed by atoms with Crippen LogP contribution in [0.15, 0.2) is 51.4 Å². The Bertz CT molecular complexity index is 904. The number of nitrogens with two attached hydrogens (primary N) is 1. The van der Waals surface area contributed by atoms with Crippen molar-refractivity contribution in [3.05, 3.63) is 53.6 Å². The van der Waals surface area contributed by atoms with Crippen LogP contribution in [0, 0.1) is 11.6 Å². The molecule has 0 fully saturated rings. The minimum Gasteiger partial charge on any atom is -0.588 e. The first kappa shape index (κ1) is 21.3. The van der Waals surface area contributed by atoms with Crippen molar-refractivity contribution in [2.45, 2.75) is 18.2 Å². The third-order valence-electron chi connectivity index (χ3n) is 3.61. The van der Waals surface area contributed by atoms with Gasteiger partial charge in [-0.15, -0.1) is 0 Å². The summed E-state index contributed by atoms with van der Waals surface area (Å²) in [5, 5.41) is 3.57. The Morgan fingerprint density at radius 2 is 1.96 bits per heavy atom. The van der Waals surface area contributed by atoms with Gasteiger partial charge in [0.1, 0.15) is 22.9 Å². The van der Waals surface area contributed by atoms with E-state index in [2.05, 4.69) is 19.6 Å². The summed E-state index contributed by atoms with van der Waals surface area (Å²) < 4.78 is 47.1. The van der Waals surface area contributed by atoms with Gasteiger partial charge >= 0.3 is 5.97 Å². The molecule has 2 aromatic rings. The van der Waals surface area contributed by atoms with E-state index < -0.39 is 34.5 Å². The van der Waals surface area contributed by atoms with Crippen LogP contribution in [-0.2, 0) is 16.1 Å². The van der Waals surface area contributed by atoms with Gasteiger partial charge in [-0.25, -0.2) is 18.3 Å². The summed E-state index contributed by atoms with van der Waals surface area (Å²) in [6, 6.07) is 7.69. The predicted molar refractivity (Wildman–Crippen MR) is 104 cm³/mol. The third-order valence-corrected chi connectivity index (χ3v) is 4.71. The lowest BCUT2D eigenvalue weighted by atomic mass is 10.2. The maximum absolute atomic E-state index is 14.1. The van der Waals surface area contributed by atoms with Crippen LogP contribution in [0.4, 0.5) is 20.2 Å². The van der Waals surface area contributed by atoms with Crippen LogP contribution in [0.2, 0.25) is 0 Å². The van der Waals surface area contributed by atoms with E-state index in [1.165, 1.54) is 18.3 Å². The van der Waals surface area contributed by atoms with Gasteiger partial charge in [0, 0.05) is 6.07 Å². The minimum absolute atomic E-state index is 0.319. The first-order chi connectivity index (χ1) is 13.4. The van der Waals surface area contributed by atoms with Gasteiger partial charge in [-0.05, 0) is 36.8 Å². The number of hydrogen-bond acceptors (Lipinski definition) is 7. The van der Waals surface area contributed by atoms with Crippen molar-refractivity contribution in [3.8, 4) is 0 Å². The van der Waals surface area contributed by atoms with Crippen LogP contribution < -0.4 is 10.6 Å². The quantitative estimate of drug-likeness (QED) is 0.240. The second-order valence-electron chi connectivity index (χ2n) is 5.40. The Morgan fingerprint density at radius 1 is 1.29 bits per heavy atom. The van der Waals surface area contributed by atoms with Crippen LogP contribution in [0.1, 0.15) is 23.7 Å². The number of benzene rings is 2. The minimum atomic E-state index is -1.86. The fraction of sp³-hybridized carbons (Fsp3) is 0.167. The Kier molecular flexibility index (Phi) is 7.47. The summed E-state index contributed by atoms with van der Waals surface area (Å²) >= 11 is -1.86. The second kappa shape index (κ2) is 9.81. The number of methoxy groups -OCH3 is 1. The molecule has 0 amide bonds. The third kappa shape index (κ3) is 5.27. The van der Waals surface area contributed by atoms with Crippen molar-refractivity contribution in [3.63, 3.8) is 0 Å². The van der Waals surface area contributed by atoms with Gasteiger partial charge in [0.2, 0.25) is 0 Å². The van der Waals surface area contributed by atoms with Gasteiger partial charge in [-0.1, -0.05) is 6.92 Å². The molecule has 0 aromatic heterocycles. The highest BCUT2D eigenvalue weighted by Gasteiger charge is 2.20. The fourth-order valence-electron chi connectivity index (χ4n) is 2.07. The van der Waals surface area contributed by atoms with Crippen LogP contribution in [0.3, 0.4) is 0 Å². The number of halogens is 2. The highest BCUT2D eigenvalue weighted by atomic mass is 32.2. The second-order valence-corrected chi connectivity index (χ2v) is 6.61. The number of carbonyl (C=O) groups is 1. The molecule has 0 bridgehead atoms. The average molecular weight is 408 g/mol. The number of anilines is 1.